The van der Waals surface area contributed by atoms with Gasteiger partial charge in [0.05, 0.1) is 24.4 Å². The van der Waals surface area contributed by atoms with Gasteiger partial charge in [-0.25, -0.2) is 4.98 Å². The largest absolute Gasteiger partial charge is 0.469 e. The van der Waals surface area contributed by atoms with Crippen molar-refractivity contribution in [2.24, 2.45) is 0 Å². The van der Waals surface area contributed by atoms with Crippen LogP contribution in [0.1, 0.15) is 75.3 Å². The number of aromatic nitrogens is 1. The molecule has 4 nitrogen and oxygen atoms in total. The van der Waals surface area contributed by atoms with Gasteiger partial charge >= 0.3 is 5.97 Å². The number of ether oxygens (including phenoxy) is 1. The Balaban J connectivity index is 2.26. The Morgan fingerprint density at radius 1 is 1.29 bits per heavy atom. The van der Waals surface area contributed by atoms with E-state index >= 15 is 0 Å². The molecule has 1 heterocycles. The molecule has 1 aromatic rings. The van der Waals surface area contributed by atoms with Gasteiger partial charge in [0.1, 0.15) is 0 Å². The molecule has 1 atom stereocenters. The second kappa shape index (κ2) is 13.1. The zero-order valence-electron chi connectivity index (χ0n) is 15.0. The number of hydrogen-bond acceptors (Lipinski definition) is 5. The van der Waals surface area contributed by atoms with Gasteiger partial charge in [0.15, 0.2) is 0 Å². The SMILES string of the molecule is CCCCCC(O)C=Cc1scnc1CCCCCCC(=O)OC. The molecule has 0 bridgehead atoms. The Morgan fingerprint density at radius 2 is 2.08 bits per heavy atom. The van der Waals surface area contributed by atoms with E-state index in [4.69, 9.17) is 0 Å². The zero-order chi connectivity index (χ0) is 17.6. The minimum absolute atomic E-state index is 0.126. The third kappa shape index (κ3) is 9.18. The number of aryl methyl sites for hydroxylation is 1. The van der Waals surface area contributed by atoms with Crippen molar-refractivity contribution in [2.45, 2.75) is 77.2 Å². The lowest BCUT2D eigenvalue weighted by Crippen LogP contribution is -2.01. The molecule has 0 aromatic carbocycles. The molecule has 136 valence electrons. The van der Waals surface area contributed by atoms with E-state index in [1.165, 1.54) is 20.0 Å². The quantitative estimate of drug-likeness (QED) is 0.410. The van der Waals surface area contributed by atoms with Crippen LogP contribution in [0.25, 0.3) is 6.08 Å². The fourth-order valence-electron chi connectivity index (χ4n) is 2.52. The van der Waals surface area contributed by atoms with Crippen molar-refractivity contribution in [3.8, 4) is 0 Å². The first-order valence-electron chi connectivity index (χ1n) is 9.02. The van der Waals surface area contributed by atoms with Gasteiger partial charge in [0.25, 0.3) is 0 Å². The van der Waals surface area contributed by atoms with Crippen molar-refractivity contribution in [1.82, 2.24) is 4.98 Å². The van der Waals surface area contributed by atoms with Gasteiger partial charge in [0, 0.05) is 11.3 Å². The molecule has 1 aromatic heterocycles. The number of thiazole rings is 1. The van der Waals surface area contributed by atoms with Crippen molar-refractivity contribution < 1.29 is 14.6 Å². The maximum atomic E-state index is 11.0. The van der Waals surface area contributed by atoms with E-state index in [2.05, 4.69) is 16.6 Å². The average molecular weight is 354 g/mol. The molecule has 0 saturated heterocycles. The third-order valence-corrected chi connectivity index (χ3v) is 4.85. The maximum absolute atomic E-state index is 11.0. The second-order valence-corrected chi connectivity index (χ2v) is 6.96. The van der Waals surface area contributed by atoms with Gasteiger partial charge in [-0.15, -0.1) is 11.3 Å². The Morgan fingerprint density at radius 3 is 2.83 bits per heavy atom. The fourth-order valence-corrected chi connectivity index (χ4v) is 3.26. The number of esters is 1. The smallest absolute Gasteiger partial charge is 0.305 e. The first kappa shape index (κ1) is 20.8. The van der Waals surface area contributed by atoms with E-state index in [-0.39, 0.29) is 12.1 Å². The zero-order valence-corrected chi connectivity index (χ0v) is 15.8. The summed E-state index contributed by atoms with van der Waals surface area (Å²) >= 11 is 1.62. The number of unbranched alkanes of at least 4 members (excludes halogenated alkanes) is 5. The minimum atomic E-state index is -0.357. The van der Waals surface area contributed by atoms with Crippen LogP contribution in [0.4, 0.5) is 0 Å². The van der Waals surface area contributed by atoms with Crippen LogP contribution in [0.3, 0.4) is 0 Å². The van der Waals surface area contributed by atoms with Crippen molar-refractivity contribution in [2.75, 3.05) is 7.11 Å². The summed E-state index contributed by atoms with van der Waals surface area (Å²) < 4.78 is 4.63. The van der Waals surface area contributed by atoms with Gasteiger partial charge in [-0.1, -0.05) is 45.1 Å². The van der Waals surface area contributed by atoms with Crippen LogP contribution in [0.5, 0.6) is 0 Å². The molecular formula is C19H31NO3S. The standard InChI is InChI=1S/C19H31NO3S/c1-3-4-7-10-16(21)13-14-18-17(20-15-24-18)11-8-5-6-9-12-19(22)23-2/h13-16,21H,3-12H2,1-2H3. The Kier molecular flexibility index (Phi) is 11.4. The van der Waals surface area contributed by atoms with Gasteiger partial charge in [-0.05, 0) is 31.8 Å². The normalized spacial score (nSPS) is 12.6. The molecule has 1 rings (SSSR count). The highest BCUT2D eigenvalue weighted by Crippen LogP contribution is 2.19. The van der Waals surface area contributed by atoms with Crippen LogP contribution < -0.4 is 0 Å². The summed E-state index contributed by atoms with van der Waals surface area (Å²) in [4.78, 5) is 16.6. The van der Waals surface area contributed by atoms with Crippen molar-refractivity contribution >= 4 is 23.4 Å². The van der Waals surface area contributed by atoms with Crippen LogP contribution in [-0.4, -0.2) is 29.3 Å². The summed E-state index contributed by atoms with van der Waals surface area (Å²) in [5.41, 5.74) is 2.99. The lowest BCUT2D eigenvalue weighted by Gasteiger charge is -2.04. The number of hydrogen-bond donors (Lipinski definition) is 1. The van der Waals surface area contributed by atoms with Gasteiger partial charge in [-0.2, -0.15) is 0 Å². The third-order valence-electron chi connectivity index (χ3n) is 4.02. The van der Waals surface area contributed by atoms with Crippen molar-refractivity contribution in [3.05, 3.63) is 22.2 Å². The molecule has 5 heteroatoms. The highest BCUT2D eigenvalue weighted by Gasteiger charge is 2.05. The second-order valence-electron chi connectivity index (χ2n) is 6.08. The van der Waals surface area contributed by atoms with E-state index in [9.17, 15) is 9.90 Å². The molecule has 0 fully saturated rings. The van der Waals surface area contributed by atoms with Crippen LogP contribution in [0.2, 0.25) is 0 Å². The number of carbonyl (C=O) groups is 1. The number of carbonyl (C=O) groups excluding carboxylic acids is 1. The van der Waals surface area contributed by atoms with Gasteiger partial charge < -0.3 is 9.84 Å². The first-order valence-corrected chi connectivity index (χ1v) is 9.90. The molecule has 24 heavy (non-hydrogen) atoms. The van der Waals surface area contributed by atoms with Crippen molar-refractivity contribution in [1.29, 1.82) is 0 Å². The average Bonchev–Trinajstić information content (AvgIpc) is 3.03. The highest BCUT2D eigenvalue weighted by molar-refractivity contribution is 7.10. The molecule has 1 N–H and O–H groups in total. The molecule has 0 saturated carbocycles. The van der Waals surface area contributed by atoms with Crippen LogP contribution >= 0.6 is 11.3 Å². The minimum Gasteiger partial charge on any atom is -0.469 e. The number of nitrogens with zero attached hydrogens (tertiary/aromatic N) is 1. The summed E-state index contributed by atoms with van der Waals surface area (Å²) in [6.45, 7) is 2.17. The van der Waals surface area contributed by atoms with E-state index in [0.29, 0.717) is 6.42 Å². The lowest BCUT2D eigenvalue weighted by atomic mass is 10.1. The number of methoxy groups -OCH3 is 1. The Labute approximate surface area is 150 Å². The van der Waals surface area contributed by atoms with Crippen LogP contribution in [0.15, 0.2) is 11.6 Å². The van der Waals surface area contributed by atoms with Crippen molar-refractivity contribution in [3.63, 3.8) is 0 Å². The molecule has 0 aliphatic rings. The monoisotopic (exact) mass is 353 g/mol. The van der Waals surface area contributed by atoms with Gasteiger partial charge in [0.2, 0.25) is 0 Å². The fraction of sp³-hybridized carbons (Fsp3) is 0.684. The molecule has 0 aliphatic carbocycles. The molecule has 0 spiro atoms. The summed E-state index contributed by atoms with van der Waals surface area (Å²) in [6.07, 6.45) is 13.4. The predicted octanol–water partition coefficient (Wildman–Crippen LogP) is 4.76. The van der Waals surface area contributed by atoms with E-state index in [1.807, 2.05) is 17.7 Å². The van der Waals surface area contributed by atoms with Gasteiger partial charge in [-0.3, -0.25) is 4.79 Å². The van der Waals surface area contributed by atoms with Crippen LogP contribution in [-0.2, 0) is 16.0 Å². The molecular weight excluding hydrogens is 322 g/mol. The topological polar surface area (TPSA) is 59.4 Å². The highest BCUT2D eigenvalue weighted by atomic mass is 32.1. The first-order chi connectivity index (χ1) is 11.7. The summed E-state index contributed by atoms with van der Waals surface area (Å²) in [5.74, 6) is -0.126. The maximum Gasteiger partial charge on any atom is 0.305 e. The number of aliphatic hydroxyl groups excluding tert-OH is 1. The summed E-state index contributed by atoms with van der Waals surface area (Å²) in [7, 11) is 1.43. The number of rotatable bonds is 13. The predicted molar refractivity (Wildman–Crippen MR) is 100 cm³/mol. The molecule has 0 radical (unpaired) electrons. The Hall–Kier alpha value is -1.20. The molecule has 0 amide bonds. The lowest BCUT2D eigenvalue weighted by molar-refractivity contribution is -0.140. The Bertz CT molecular complexity index is 485. The summed E-state index contributed by atoms with van der Waals surface area (Å²) in [6, 6.07) is 0. The van der Waals surface area contributed by atoms with E-state index in [0.717, 1.165) is 55.5 Å². The van der Waals surface area contributed by atoms with E-state index in [1.54, 1.807) is 11.3 Å². The summed E-state index contributed by atoms with van der Waals surface area (Å²) in [5, 5.41) is 9.96. The van der Waals surface area contributed by atoms with E-state index < -0.39 is 0 Å². The molecule has 1 unspecified atom stereocenters. The van der Waals surface area contributed by atoms with Crippen LogP contribution in [0, 0.1) is 0 Å². The molecule has 0 aliphatic heterocycles. The number of aliphatic hydroxyl groups is 1.